The van der Waals surface area contributed by atoms with Crippen molar-refractivity contribution in [3.63, 3.8) is 0 Å². The lowest BCUT2D eigenvalue weighted by Gasteiger charge is -2.25. The van der Waals surface area contributed by atoms with Gasteiger partial charge in [-0.2, -0.15) is 0 Å². The van der Waals surface area contributed by atoms with Crippen molar-refractivity contribution in [3.05, 3.63) is 71.3 Å². The normalized spacial score (nSPS) is 10.8. The second-order valence-corrected chi connectivity index (χ2v) is 6.62. The zero-order valence-corrected chi connectivity index (χ0v) is 16.0. The highest BCUT2D eigenvalue weighted by Gasteiger charge is 2.47. The van der Waals surface area contributed by atoms with Crippen LogP contribution >= 0.6 is 0 Å². The molecule has 0 heterocycles. The molecular weight excluding hydrogens is 410 g/mol. The molecule has 0 radical (unpaired) electrons. The third-order valence-electron chi connectivity index (χ3n) is 4.64. The lowest BCUT2D eigenvalue weighted by Crippen LogP contribution is -2.40. The Morgan fingerprint density at radius 1 is 0.677 bits per heavy atom. The number of carboxylic acid groups (broad SMARTS) is 4. The number of aliphatic carboxylic acids is 4. The van der Waals surface area contributed by atoms with E-state index in [1.54, 1.807) is 30.3 Å². The number of hydrogen-bond donors (Lipinski definition) is 5. The molecule has 1 amide bonds. The fraction of sp³-hybridized carbons (Fsp3) is 0.190. The Hall–Kier alpha value is -4.21. The molecule has 0 aromatic heterocycles. The number of carbonyl (C=O) groups is 5. The van der Waals surface area contributed by atoms with Crippen LogP contribution in [0.25, 0.3) is 0 Å². The molecule has 0 unspecified atom stereocenters. The van der Waals surface area contributed by atoms with Crippen molar-refractivity contribution in [1.82, 2.24) is 5.32 Å². The number of amides is 1. The molecule has 0 aliphatic carbocycles. The summed E-state index contributed by atoms with van der Waals surface area (Å²) in [5, 5.41) is 39.8. The summed E-state index contributed by atoms with van der Waals surface area (Å²) in [6.45, 7) is 0.0846. The van der Waals surface area contributed by atoms with Crippen LogP contribution in [0, 0.1) is 11.8 Å². The van der Waals surface area contributed by atoms with Crippen molar-refractivity contribution in [1.29, 1.82) is 0 Å². The summed E-state index contributed by atoms with van der Waals surface area (Å²) < 4.78 is 0. The van der Waals surface area contributed by atoms with Crippen molar-refractivity contribution in [2.75, 3.05) is 0 Å². The molecule has 2 aromatic carbocycles. The zero-order chi connectivity index (χ0) is 23.1. The fourth-order valence-corrected chi connectivity index (χ4v) is 3.13. The molecular formula is C21H19NO9. The fourth-order valence-electron chi connectivity index (χ4n) is 3.13. The van der Waals surface area contributed by atoms with Crippen LogP contribution in [0.15, 0.2) is 54.6 Å². The van der Waals surface area contributed by atoms with E-state index in [2.05, 4.69) is 5.32 Å². The van der Waals surface area contributed by atoms with E-state index in [9.17, 15) is 44.4 Å². The molecule has 0 saturated heterocycles. The van der Waals surface area contributed by atoms with Crippen molar-refractivity contribution in [3.8, 4) is 0 Å². The Morgan fingerprint density at radius 2 is 1.13 bits per heavy atom. The Morgan fingerprint density at radius 3 is 1.55 bits per heavy atom. The minimum Gasteiger partial charge on any atom is -0.481 e. The molecule has 0 aliphatic heterocycles. The number of carbonyl (C=O) groups excluding carboxylic acids is 1. The van der Waals surface area contributed by atoms with Crippen LogP contribution in [-0.4, -0.2) is 50.2 Å². The molecule has 2 aromatic rings. The van der Waals surface area contributed by atoms with E-state index in [0.717, 1.165) is 0 Å². The van der Waals surface area contributed by atoms with Gasteiger partial charge in [-0.3, -0.25) is 24.0 Å². The summed E-state index contributed by atoms with van der Waals surface area (Å²) in [7, 11) is 0. The minimum atomic E-state index is -2.29. The van der Waals surface area contributed by atoms with E-state index < -0.39 is 41.6 Å². The second kappa shape index (κ2) is 10.0. The molecule has 0 spiro atoms. The molecule has 10 heteroatoms. The lowest BCUT2D eigenvalue weighted by atomic mass is 9.76. The summed E-state index contributed by atoms with van der Waals surface area (Å²) in [6.07, 6.45) is 0. The van der Waals surface area contributed by atoms with Crippen LogP contribution in [0.1, 0.15) is 27.4 Å². The lowest BCUT2D eigenvalue weighted by molar-refractivity contribution is -0.161. The minimum absolute atomic E-state index is 0.0808. The highest BCUT2D eigenvalue weighted by Crippen LogP contribution is 2.34. The van der Waals surface area contributed by atoms with E-state index in [1.165, 1.54) is 24.3 Å². The third kappa shape index (κ3) is 5.66. The first kappa shape index (κ1) is 23.1. The van der Waals surface area contributed by atoms with E-state index in [-0.39, 0.29) is 18.0 Å². The maximum absolute atomic E-state index is 12.1. The summed E-state index contributed by atoms with van der Waals surface area (Å²) in [5.41, 5.74) is 0.912. The summed E-state index contributed by atoms with van der Waals surface area (Å²) >= 11 is 0. The van der Waals surface area contributed by atoms with Gasteiger partial charge in [0.05, 0.1) is 0 Å². The first-order valence-corrected chi connectivity index (χ1v) is 8.96. The van der Waals surface area contributed by atoms with Gasteiger partial charge in [-0.05, 0) is 23.3 Å². The van der Waals surface area contributed by atoms with E-state index in [4.69, 9.17) is 0 Å². The van der Waals surface area contributed by atoms with Gasteiger partial charge < -0.3 is 25.7 Å². The van der Waals surface area contributed by atoms with E-state index in [0.29, 0.717) is 11.1 Å². The number of benzene rings is 2. The van der Waals surface area contributed by atoms with Crippen LogP contribution in [0.2, 0.25) is 0 Å². The van der Waals surface area contributed by atoms with Crippen LogP contribution in [-0.2, 0) is 25.7 Å². The van der Waals surface area contributed by atoms with Crippen molar-refractivity contribution < 1.29 is 44.4 Å². The van der Waals surface area contributed by atoms with Crippen LogP contribution in [0.3, 0.4) is 0 Å². The number of rotatable bonds is 10. The first-order valence-electron chi connectivity index (χ1n) is 8.96. The SMILES string of the molecule is O=C(NCc1ccc(C(C(C(=O)O)C(=O)O)C(C(=O)O)C(=O)O)cc1)c1ccccc1. The number of nitrogens with one attached hydrogen (secondary N) is 1. The van der Waals surface area contributed by atoms with Gasteiger partial charge in [-0.1, -0.05) is 42.5 Å². The Bertz CT molecular complexity index is 926. The predicted molar refractivity (Wildman–Crippen MR) is 104 cm³/mol. The average Bonchev–Trinajstić information content (AvgIpc) is 2.71. The van der Waals surface area contributed by atoms with E-state index >= 15 is 0 Å². The topological polar surface area (TPSA) is 178 Å². The number of hydrogen-bond acceptors (Lipinski definition) is 5. The molecule has 10 nitrogen and oxygen atoms in total. The molecule has 0 bridgehead atoms. The standard InChI is InChI=1S/C21H19NO9/c23-17(13-4-2-1-3-5-13)22-10-11-6-8-12(9-7-11)14(15(18(24)25)19(26)27)16(20(28)29)21(30)31/h1-9,14-16H,10H2,(H,22,23)(H,24,25)(H,26,27)(H,28,29)(H,30,31). The molecule has 0 aliphatic rings. The third-order valence-corrected chi connectivity index (χ3v) is 4.64. The van der Waals surface area contributed by atoms with Crippen LogP contribution in [0.5, 0.6) is 0 Å². The Kier molecular flexibility index (Phi) is 7.45. The first-order chi connectivity index (χ1) is 14.6. The predicted octanol–water partition coefficient (Wildman–Crippen LogP) is 1.27. The summed E-state index contributed by atoms with van der Waals surface area (Å²) in [4.78, 5) is 58.0. The molecule has 2 rings (SSSR count). The monoisotopic (exact) mass is 429 g/mol. The van der Waals surface area contributed by atoms with Crippen molar-refractivity contribution in [2.24, 2.45) is 11.8 Å². The summed E-state index contributed by atoms with van der Waals surface area (Å²) in [5.74, 6) is -14.2. The molecule has 162 valence electrons. The quantitative estimate of drug-likeness (QED) is 0.348. The largest absolute Gasteiger partial charge is 0.481 e. The maximum Gasteiger partial charge on any atom is 0.318 e. The maximum atomic E-state index is 12.1. The zero-order valence-electron chi connectivity index (χ0n) is 16.0. The van der Waals surface area contributed by atoms with Gasteiger partial charge >= 0.3 is 23.9 Å². The highest BCUT2D eigenvalue weighted by molar-refractivity contribution is 5.99. The van der Waals surface area contributed by atoms with Gasteiger partial charge in [0.2, 0.25) is 0 Å². The van der Waals surface area contributed by atoms with Crippen LogP contribution in [0.4, 0.5) is 0 Å². The molecule has 0 atom stereocenters. The second-order valence-electron chi connectivity index (χ2n) is 6.62. The Labute approximate surface area is 175 Å². The molecule has 0 saturated carbocycles. The van der Waals surface area contributed by atoms with Gasteiger partial charge in [0.25, 0.3) is 5.91 Å². The Balaban J connectivity index is 2.30. The summed E-state index contributed by atoms with van der Waals surface area (Å²) in [6, 6.07) is 13.8. The van der Waals surface area contributed by atoms with E-state index in [1.807, 2.05) is 0 Å². The van der Waals surface area contributed by atoms with Gasteiger partial charge in [0, 0.05) is 18.0 Å². The van der Waals surface area contributed by atoms with Crippen molar-refractivity contribution >= 4 is 29.8 Å². The van der Waals surface area contributed by atoms with Crippen molar-refractivity contribution in [2.45, 2.75) is 12.5 Å². The average molecular weight is 429 g/mol. The molecule has 5 N–H and O–H groups in total. The highest BCUT2D eigenvalue weighted by atomic mass is 16.4. The van der Waals surface area contributed by atoms with Gasteiger partial charge in [-0.25, -0.2) is 0 Å². The van der Waals surface area contributed by atoms with Gasteiger partial charge in [0.1, 0.15) is 0 Å². The number of carboxylic acids is 4. The van der Waals surface area contributed by atoms with Gasteiger partial charge in [0.15, 0.2) is 11.8 Å². The van der Waals surface area contributed by atoms with Gasteiger partial charge in [-0.15, -0.1) is 0 Å². The molecule has 31 heavy (non-hydrogen) atoms. The van der Waals surface area contributed by atoms with Crippen LogP contribution < -0.4 is 5.32 Å². The smallest absolute Gasteiger partial charge is 0.318 e. The molecule has 0 fully saturated rings.